The lowest BCUT2D eigenvalue weighted by molar-refractivity contribution is -0.113. The molecule has 0 saturated heterocycles. The highest BCUT2D eigenvalue weighted by Crippen LogP contribution is 2.21. The highest BCUT2D eigenvalue weighted by atomic mass is 32.2. The summed E-state index contributed by atoms with van der Waals surface area (Å²) in [4.78, 5) is 16.8. The van der Waals surface area contributed by atoms with E-state index in [-0.39, 0.29) is 5.91 Å². The minimum atomic E-state index is -0.0202. The highest BCUT2D eigenvalue weighted by Gasteiger charge is 2.05. The first-order valence-electron chi connectivity index (χ1n) is 5.54. The lowest BCUT2D eigenvalue weighted by Gasteiger charge is -2.05. The van der Waals surface area contributed by atoms with Crippen LogP contribution in [0, 0.1) is 13.8 Å². The Hall–Kier alpha value is -1.33. The zero-order chi connectivity index (χ0) is 13.0. The van der Waals surface area contributed by atoms with Gasteiger partial charge >= 0.3 is 0 Å². The van der Waals surface area contributed by atoms with Crippen molar-refractivity contribution in [2.75, 3.05) is 11.1 Å². The lowest BCUT2D eigenvalue weighted by Crippen LogP contribution is -2.13. The molecule has 0 aliphatic carbocycles. The highest BCUT2D eigenvalue weighted by molar-refractivity contribution is 8.00. The molecule has 0 atom stereocenters. The number of aryl methyl sites for hydroxylation is 2. The molecule has 0 unspecified atom stereocenters. The summed E-state index contributed by atoms with van der Waals surface area (Å²) in [5.74, 6) is 0.385. The van der Waals surface area contributed by atoms with Gasteiger partial charge in [-0.3, -0.25) is 4.79 Å². The molecule has 5 heteroatoms. The number of nitrogens with one attached hydrogen (secondary N) is 1. The molecule has 0 aliphatic rings. The van der Waals surface area contributed by atoms with Gasteiger partial charge in [-0.05, 0) is 37.1 Å². The van der Waals surface area contributed by atoms with Gasteiger partial charge in [-0.1, -0.05) is 6.07 Å². The number of thiazole rings is 1. The summed E-state index contributed by atoms with van der Waals surface area (Å²) in [6.45, 7) is 4.16. The second-order valence-electron chi connectivity index (χ2n) is 3.92. The number of thioether (sulfide) groups is 1. The first-order chi connectivity index (χ1) is 8.65. The van der Waals surface area contributed by atoms with Crippen molar-refractivity contribution < 1.29 is 4.79 Å². The normalized spacial score (nSPS) is 10.3. The Morgan fingerprint density at radius 3 is 2.89 bits per heavy atom. The SMILES string of the molecule is Cc1ccc(SCC(=O)Nc2nccs2)cc1C. The third-order valence-corrected chi connectivity index (χ3v) is 4.21. The van der Waals surface area contributed by atoms with Gasteiger partial charge < -0.3 is 5.32 Å². The van der Waals surface area contributed by atoms with Crippen molar-refractivity contribution in [3.05, 3.63) is 40.9 Å². The maximum Gasteiger partial charge on any atom is 0.236 e. The van der Waals surface area contributed by atoms with E-state index in [0.717, 1.165) is 4.90 Å². The number of amides is 1. The van der Waals surface area contributed by atoms with Crippen molar-refractivity contribution in [2.24, 2.45) is 0 Å². The summed E-state index contributed by atoms with van der Waals surface area (Å²) in [6, 6.07) is 6.23. The number of hydrogen-bond acceptors (Lipinski definition) is 4. The fourth-order valence-electron chi connectivity index (χ4n) is 1.39. The minimum absolute atomic E-state index is 0.0202. The molecule has 0 fully saturated rings. The average molecular weight is 278 g/mol. The van der Waals surface area contributed by atoms with Gasteiger partial charge in [-0.25, -0.2) is 4.98 Å². The van der Waals surface area contributed by atoms with Crippen molar-refractivity contribution in [3.8, 4) is 0 Å². The first-order valence-corrected chi connectivity index (χ1v) is 7.41. The van der Waals surface area contributed by atoms with Crippen LogP contribution in [0.2, 0.25) is 0 Å². The van der Waals surface area contributed by atoms with Crippen LogP contribution >= 0.6 is 23.1 Å². The van der Waals surface area contributed by atoms with Crippen LogP contribution < -0.4 is 5.32 Å². The van der Waals surface area contributed by atoms with Crippen molar-refractivity contribution in [1.82, 2.24) is 4.98 Å². The Kier molecular flexibility index (Phi) is 4.38. The zero-order valence-electron chi connectivity index (χ0n) is 10.3. The molecule has 0 spiro atoms. The summed E-state index contributed by atoms with van der Waals surface area (Å²) in [7, 11) is 0. The van der Waals surface area contributed by atoms with Crippen LogP contribution in [-0.2, 0) is 4.79 Å². The molecule has 1 amide bonds. The fourth-order valence-corrected chi connectivity index (χ4v) is 2.73. The Morgan fingerprint density at radius 1 is 1.39 bits per heavy atom. The van der Waals surface area contributed by atoms with Gasteiger partial charge in [0.1, 0.15) is 0 Å². The number of aromatic nitrogens is 1. The standard InChI is InChI=1S/C13H14N2OS2/c1-9-3-4-11(7-10(9)2)18-8-12(16)15-13-14-5-6-17-13/h3-7H,8H2,1-2H3,(H,14,15,16). The van der Waals surface area contributed by atoms with E-state index in [9.17, 15) is 4.79 Å². The third-order valence-electron chi connectivity index (χ3n) is 2.53. The summed E-state index contributed by atoms with van der Waals surface area (Å²) in [5.41, 5.74) is 2.52. The van der Waals surface area contributed by atoms with E-state index in [2.05, 4.69) is 36.3 Å². The third kappa shape index (κ3) is 3.58. The fraction of sp³-hybridized carbons (Fsp3) is 0.231. The van der Waals surface area contributed by atoms with Crippen LogP contribution in [0.3, 0.4) is 0 Å². The van der Waals surface area contributed by atoms with Gasteiger partial charge in [0, 0.05) is 16.5 Å². The zero-order valence-corrected chi connectivity index (χ0v) is 11.9. The largest absolute Gasteiger partial charge is 0.301 e. The van der Waals surface area contributed by atoms with Gasteiger partial charge in [0.15, 0.2) is 5.13 Å². The van der Waals surface area contributed by atoms with E-state index in [1.165, 1.54) is 34.2 Å². The van der Waals surface area contributed by atoms with Gasteiger partial charge in [-0.2, -0.15) is 0 Å². The van der Waals surface area contributed by atoms with E-state index in [0.29, 0.717) is 10.9 Å². The summed E-state index contributed by atoms with van der Waals surface area (Å²) >= 11 is 2.96. The van der Waals surface area contributed by atoms with Gasteiger partial charge in [0.05, 0.1) is 5.75 Å². The number of carbonyl (C=O) groups is 1. The minimum Gasteiger partial charge on any atom is -0.301 e. The molecule has 2 rings (SSSR count). The predicted molar refractivity (Wildman–Crippen MR) is 77.4 cm³/mol. The molecule has 1 aromatic carbocycles. The molecular weight excluding hydrogens is 264 g/mol. The Balaban J connectivity index is 1.87. The quantitative estimate of drug-likeness (QED) is 0.870. The van der Waals surface area contributed by atoms with Gasteiger partial charge in [0.25, 0.3) is 0 Å². The van der Waals surface area contributed by atoms with Crippen LogP contribution in [0.25, 0.3) is 0 Å². The van der Waals surface area contributed by atoms with Crippen LogP contribution in [0.15, 0.2) is 34.7 Å². The molecule has 0 bridgehead atoms. The number of hydrogen-bond donors (Lipinski definition) is 1. The summed E-state index contributed by atoms with van der Waals surface area (Å²) in [5, 5.41) is 5.26. The van der Waals surface area contributed by atoms with Crippen molar-refractivity contribution >= 4 is 34.1 Å². The number of rotatable bonds is 4. The van der Waals surface area contributed by atoms with Crippen LogP contribution in [0.4, 0.5) is 5.13 Å². The van der Waals surface area contributed by atoms with Crippen LogP contribution in [0.1, 0.15) is 11.1 Å². The lowest BCUT2D eigenvalue weighted by atomic mass is 10.1. The molecule has 0 aliphatic heterocycles. The maximum absolute atomic E-state index is 11.7. The molecule has 0 saturated carbocycles. The van der Waals surface area contributed by atoms with Crippen LogP contribution in [-0.4, -0.2) is 16.6 Å². The topological polar surface area (TPSA) is 42.0 Å². The molecule has 18 heavy (non-hydrogen) atoms. The van der Waals surface area contributed by atoms with Crippen molar-refractivity contribution in [1.29, 1.82) is 0 Å². The Bertz CT molecular complexity index is 538. The molecule has 1 aromatic heterocycles. The van der Waals surface area contributed by atoms with Crippen molar-refractivity contribution in [3.63, 3.8) is 0 Å². The molecule has 1 N–H and O–H groups in total. The Labute approximate surface area is 115 Å². The monoisotopic (exact) mass is 278 g/mol. The summed E-state index contributed by atoms with van der Waals surface area (Å²) in [6.07, 6.45) is 1.68. The second-order valence-corrected chi connectivity index (χ2v) is 5.86. The second kappa shape index (κ2) is 6.02. The molecule has 94 valence electrons. The predicted octanol–water partition coefficient (Wildman–Crippen LogP) is 3.49. The van der Waals surface area contributed by atoms with E-state index < -0.39 is 0 Å². The molecule has 1 heterocycles. The maximum atomic E-state index is 11.7. The number of carbonyl (C=O) groups excluding carboxylic acids is 1. The average Bonchev–Trinajstić information content (AvgIpc) is 2.83. The number of anilines is 1. The number of nitrogens with zero attached hydrogens (tertiary/aromatic N) is 1. The van der Waals surface area contributed by atoms with Gasteiger partial charge in [-0.15, -0.1) is 23.1 Å². The van der Waals surface area contributed by atoms with Crippen molar-refractivity contribution in [2.45, 2.75) is 18.7 Å². The first kappa shape index (κ1) is 13.1. The van der Waals surface area contributed by atoms with Crippen LogP contribution in [0.5, 0.6) is 0 Å². The van der Waals surface area contributed by atoms with Gasteiger partial charge in [0.2, 0.25) is 5.91 Å². The molecule has 3 nitrogen and oxygen atoms in total. The van der Waals surface area contributed by atoms with E-state index >= 15 is 0 Å². The molecule has 2 aromatic rings. The van der Waals surface area contributed by atoms with E-state index in [1.54, 1.807) is 6.20 Å². The number of benzene rings is 1. The van der Waals surface area contributed by atoms with E-state index in [4.69, 9.17) is 0 Å². The smallest absolute Gasteiger partial charge is 0.236 e. The Morgan fingerprint density at radius 2 is 2.22 bits per heavy atom. The summed E-state index contributed by atoms with van der Waals surface area (Å²) < 4.78 is 0. The van der Waals surface area contributed by atoms with E-state index in [1.807, 2.05) is 11.4 Å². The molecular formula is C13H14N2OS2. The molecule has 0 radical (unpaired) electrons.